The van der Waals surface area contributed by atoms with Gasteiger partial charge in [-0.25, -0.2) is 9.37 Å². The van der Waals surface area contributed by atoms with Gasteiger partial charge in [-0.1, -0.05) is 19.4 Å². The van der Waals surface area contributed by atoms with Gasteiger partial charge in [-0.2, -0.15) is 10.2 Å². The maximum Gasteiger partial charge on any atom is 0.275 e. The van der Waals surface area contributed by atoms with Gasteiger partial charge < -0.3 is 15.0 Å². The van der Waals surface area contributed by atoms with Crippen molar-refractivity contribution < 1.29 is 13.9 Å². The van der Waals surface area contributed by atoms with Crippen molar-refractivity contribution in [2.24, 2.45) is 5.92 Å². The van der Waals surface area contributed by atoms with Gasteiger partial charge in [-0.3, -0.25) is 4.79 Å². The molecule has 196 valence electrons. The van der Waals surface area contributed by atoms with Gasteiger partial charge in [0.2, 0.25) is 0 Å². The molecule has 7 nitrogen and oxygen atoms in total. The average Bonchev–Trinajstić information content (AvgIpc) is 3.42. The molecule has 1 N–H and O–H groups in total. The first-order valence-corrected chi connectivity index (χ1v) is 13.8. The van der Waals surface area contributed by atoms with Crippen molar-refractivity contribution in [1.82, 2.24) is 15.2 Å². The van der Waals surface area contributed by atoms with E-state index in [-0.39, 0.29) is 11.7 Å². The minimum Gasteiger partial charge on any atom is -0.457 e. The predicted molar refractivity (Wildman–Crippen MR) is 149 cm³/mol. The Kier molecular flexibility index (Phi) is 7.93. The number of rotatable bonds is 8. The summed E-state index contributed by atoms with van der Waals surface area (Å²) in [5.74, 6) is 1.02. The molecule has 3 heterocycles. The van der Waals surface area contributed by atoms with E-state index in [1.165, 1.54) is 36.3 Å². The molecule has 1 atom stereocenters. The lowest BCUT2D eigenvalue weighted by Crippen LogP contribution is -2.36. The van der Waals surface area contributed by atoms with Crippen molar-refractivity contribution in [2.45, 2.75) is 39.5 Å². The highest BCUT2D eigenvalue weighted by Gasteiger charge is 2.25. The summed E-state index contributed by atoms with van der Waals surface area (Å²) in [6.45, 7) is 6.01. The maximum absolute atomic E-state index is 13.8. The minimum absolute atomic E-state index is 0.281. The smallest absolute Gasteiger partial charge is 0.275 e. The summed E-state index contributed by atoms with van der Waals surface area (Å²) < 4.78 is 19.9. The van der Waals surface area contributed by atoms with Crippen LogP contribution in [0.1, 0.15) is 48.7 Å². The third-order valence-corrected chi connectivity index (χ3v) is 7.64. The molecule has 1 fully saturated rings. The molecule has 1 amide bonds. The number of ether oxygens (including phenoxy) is 1. The number of aromatic nitrogens is 3. The van der Waals surface area contributed by atoms with Crippen LogP contribution in [0.4, 0.5) is 15.8 Å². The Bertz CT molecular complexity index is 1410. The lowest BCUT2D eigenvalue weighted by molar-refractivity contribution is 0.102. The molecule has 5 rings (SSSR count). The molecule has 0 aliphatic carbocycles. The zero-order valence-electron chi connectivity index (χ0n) is 21.5. The zero-order chi connectivity index (χ0) is 26.5. The summed E-state index contributed by atoms with van der Waals surface area (Å²) in [5, 5.41) is 13.2. The van der Waals surface area contributed by atoms with Crippen LogP contribution in [0, 0.1) is 18.7 Å². The Balaban J connectivity index is 1.45. The molecule has 1 aliphatic rings. The number of anilines is 2. The number of hydrogen-bond donors (Lipinski definition) is 1. The van der Waals surface area contributed by atoms with Crippen LogP contribution >= 0.6 is 11.3 Å². The molecule has 9 heteroatoms. The van der Waals surface area contributed by atoms with Gasteiger partial charge in [0.1, 0.15) is 28.0 Å². The van der Waals surface area contributed by atoms with Gasteiger partial charge in [0.25, 0.3) is 5.91 Å². The Morgan fingerprint density at radius 1 is 1.24 bits per heavy atom. The van der Waals surface area contributed by atoms with Crippen LogP contribution in [0.3, 0.4) is 0 Å². The van der Waals surface area contributed by atoms with E-state index < -0.39 is 0 Å². The van der Waals surface area contributed by atoms with Crippen LogP contribution in [-0.4, -0.2) is 34.2 Å². The number of piperidine rings is 1. The molecule has 2 aromatic heterocycles. The highest BCUT2D eigenvalue weighted by Crippen LogP contribution is 2.40. The molecule has 38 heavy (non-hydrogen) atoms. The van der Waals surface area contributed by atoms with Crippen molar-refractivity contribution in [3.63, 3.8) is 0 Å². The molecule has 0 bridgehead atoms. The van der Waals surface area contributed by atoms with Crippen molar-refractivity contribution in [3.05, 3.63) is 77.3 Å². The molecule has 0 spiro atoms. The summed E-state index contributed by atoms with van der Waals surface area (Å²) >= 11 is 1.39. The maximum atomic E-state index is 13.8. The average molecular weight is 532 g/mol. The second-order valence-corrected chi connectivity index (χ2v) is 10.4. The SMILES string of the molecule is CCC[C@@H]1CCCN(c2c(NC(=O)c3csc(-c4ccnnc4)n3)ccc(Oc3cccc(F)c3)c2C)C1. The van der Waals surface area contributed by atoms with E-state index in [0.717, 1.165) is 42.7 Å². The normalized spacial score (nSPS) is 15.3. The molecular weight excluding hydrogens is 501 g/mol. The van der Waals surface area contributed by atoms with Crippen LogP contribution < -0.4 is 15.0 Å². The Morgan fingerprint density at radius 2 is 2.13 bits per heavy atom. The number of carbonyl (C=O) groups is 1. The van der Waals surface area contributed by atoms with E-state index in [2.05, 4.69) is 32.3 Å². The lowest BCUT2D eigenvalue weighted by Gasteiger charge is -2.36. The number of carbonyl (C=O) groups excluding carboxylic acids is 1. The van der Waals surface area contributed by atoms with Crippen LogP contribution in [0.5, 0.6) is 11.5 Å². The van der Waals surface area contributed by atoms with E-state index in [9.17, 15) is 9.18 Å². The van der Waals surface area contributed by atoms with Crippen LogP contribution in [0.15, 0.2) is 60.2 Å². The molecule has 1 aliphatic heterocycles. The number of benzene rings is 2. The molecule has 0 radical (unpaired) electrons. The van der Waals surface area contributed by atoms with Crippen molar-refractivity contribution in [3.8, 4) is 22.1 Å². The Labute approximate surface area is 225 Å². The first-order valence-electron chi connectivity index (χ1n) is 12.9. The van der Waals surface area contributed by atoms with Crippen LogP contribution in [0.25, 0.3) is 10.6 Å². The lowest BCUT2D eigenvalue weighted by atomic mass is 9.92. The molecule has 0 unspecified atom stereocenters. The summed E-state index contributed by atoms with van der Waals surface area (Å²) in [4.78, 5) is 20.2. The summed E-state index contributed by atoms with van der Waals surface area (Å²) in [6.07, 6.45) is 7.83. The number of amides is 1. The fourth-order valence-corrected chi connectivity index (χ4v) is 5.78. The second kappa shape index (κ2) is 11.7. The number of hydrogen-bond acceptors (Lipinski definition) is 7. The monoisotopic (exact) mass is 531 g/mol. The van der Waals surface area contributed by atoms with Gasteiger partial charge in [-0.05, 0) is 62.4 Å². The van der Waals surface area contributed by atoms with Gasteiger partial charge >= 0.3 is 0 Å². The topological polar surface area (TPSA) is 80.2 Å². The van der Waals surface area contributed by atoms with E-state index in [4.69, 9.17) is 4.74 Å². The van der Waals surface area contributed by atoms with E-state index in [1.54, 1.807) is 29.9 Å². The first kappa shape index (κ1) is 25.8. The quantitative estimate of drug-likeness (QED) is 0.261. The molecule has 4 aromatic rings. The van der Waals surface area contributed by atoms with Crippen LogP contribution in [0.2, 0.25) is 0 Å². The summed E-state index contributed by atoms with van der Waals surface area (Å²) in [7, 11) is 0. The zero-order valence-corrected chi connectivity index (χ0v) is 22.3. The number of nitrogens with zero attached hydrogens (tertiary/aromatic N) is 4. The second-order valence-electron chi connectivity index (χ2n) is 9.51. The highest BCUT2D eigenvalue weighted by atomic mass is 32.1. The summed E-state index contributed by atoms with van der Waals surface area (Å²) in [5.41, 5.74) is 3.69. The Morgan fingerprint density at radius 3 is 2.92 bits per heavy atom. The molecule has 0 saturated carbocycles. The fraction of sp³-hybridized carbons (Fsp3) is 0.310. The van der Waals surface area contributed by atoms with Gasteiger partial charge in [0.05, 0.1) is 23.8 Å². The van der Waals surface area contributed by atoms with Gasteiger partial charge in [0, 0.05) is 35.7 Å². The van der Waals surface area contributed by atoms with E-state index >= 15 is 0 Å². The van der Waals surface area contributed by atoms with Crippen LogP contribution in [-0.2, 0) is 0 Å². The molecular formula is C29H30FN5O2S. The van der Waals surface area contributed by atoms with E-state index in [0.29, 0.717) is 33.8 Å². The largest absolute Gasteiger partial charge is 0.457 e. The number of thiazole rings is 1. The van der Waals surface area contributed by atoms with Crippen molar-refractivity contribution in [2.75, 3.05) is 23.3 Å². The number of nitrogens with one attached hydrogen (secondary N) is 1. The third-order valence-electron chi connectivity index (χ3n) is 6.75. The van der Waals surface area contributed by atoms with Gasteiger partial charge in [-0.15, -0.1) is 11.3 Å². The predicted octanol–water partition coefficient (Wildman–Crippen LogP) is 7.11. The first-order chi connectivity index (χ1) is 18.5. The molecule has 2 aromatic carbocycles. The number of halogens is 1. The van der Waals surface area contributed by atoms with Crippen molar-refractivity contribution in [1.29, 1.82) is 0 Å². The highest BCUT2D eigenvalue weighted by molar-refractivity contribution is 7.13. The summed E-state index contributed by atoms with van der Waals surface area (Å²) in [6, 6.07) is 11.6. The van der Waals surface area contributed by atoms with Gasteiger partial charge in [0.15, 0.2) is 0 Å². The Hall–Kier alpha value is -3.85. The standard InChI is InChI=1S/C29H30FN5O2S/c1-3-6-20-7-5-14-35(17-20)27-19(2)26(37-23-9-4-8-22(30)15-23)11-10-24(27)33-28(36)25-18-38-29(34-25)21-12-13-31-32-16-21/h4,8-13,15-16,18,20H,3,5-7,14,17H2,1-2H3,(H,33,36)/t20-/m1/s1. The molecule has 1 saturated heterocycles. The van der Waals surface area contributed by atoms with Crippen molar-refractivity contribution >= 4 is 28.6 Å². The van der Waals surface area contributed by atoms with E-state index in [1.807, 2.05) is 25.1 Å². The fourth-order valence-electron chi connectivity index (χ4n) is 4.98. The third kappa shape index (κ3) is 5.83. The minimum atomic E-state index is -0.354.